The number of hydrogen-bond donors (Lipinski definition) is 2. The van der Waals surface area contributed by atoms with Crippen molar-refractivity contribution in [2.75, 3.05) is 11.9 Å². The van der Waals surface area contributed by atoms with Gasteiger partial charge in [0.05, 0.1) is 0 Å². The quantitative estimate of drug-likeness (QED) is 0.801. The van der Waals surface area contributed by atoms with E-state index in [-0.39, 0.29) is 17.4 Å². The van der Waals surface area contributed by atoms with Gasteiger partial charge in [0, 0.05) is 17.8 Å². The van der Waals surface area contributed by atoms with E-state index in [1.807, 2.05) is 13.0 Å². The lowest BCUT2D eigenvalue weighted by molar-refractivity contribution is 0.0946. The number of carbonyl (C=O) groups is 2. The van der Waals surface area contributed by atoms with Crippen molar-refractivity contribution in [1.82, 2.24) is 15.5 Å². The van der Waals surface area contributed by atoms with Crippen LogP contribution in [0.2, 0.25) is 0 Å². The smallest absolute Gasteiger partial charge is 0.271 e. The fourth-order valence-corrected chi connectivity index (χ4v) is 1.81. The highest BCUT2D eigenvalue weighted by molar-refractivity contribution is 5.95. The van der Waals surface area contributed by atoms with Gasteiger partial charge in [-0.2, -0.15) is 0 Å². The summed E-state index contributed by atoms with van der Waals surface area (Å²) in [7, 11) is 0. The summed E-state index contributed by atoms with van der Waals surface area (Å²) in [6.45, 7) is 4.11. The zero-order valence-corrected chi connectivity index (χ0v) is 12.6. The van der Waals surface area contributed by atoms with E-state index in [1.165, 1.54) is 6.92 Å². The third kappa shape index (κ3) is 4.12. The monoisotopic (exact) mass is 298 g/mol. The van der Waals surface area contributed by atoms with Crippen LogP contribution in [0, 0.1) is 0 Å². The summed E-state index contributed by atoms with van der Waals surface area (Å²) < 4.78 is 0. The van der Waals surface area contributed by atoms with Crippen LogP contribution in [-0.4, -0.2) is 28.4 Å². The molecule has 1 heterocycles. The Morgan fingerprint density at radius 2 is 1.95 bits per heavy atom. The largest absolute Gasteiger partial charge is 0.351 e. The fourth-order valence-electron chi connectivity index (χ4n) is 1.81. The van der Waals surface area contributed by atoms with E-state index in [0.717, 1.165) is 12.1 Å². The van der Waals surface area contributed by atoms with Gasteiger partial charge in [0.25, 0.3) is 5.91 Å². The number of benzene rings is 1. The van der Waals surface area contributed by atoms with Crippen LogP contribution in [-0.2, 0) is 0 Å². The number of hydrogen-bond acceptors (Lipinski definition) is 5. The number of nitrogens with one attached hydrogen (secondary N) is 2. The zero-order chi connectivity index (χ0) is 15.9. The van der Waals surface area contributed by atoms with Gasteiger partial charge in [-0.05, 0) is 37.6 Å². The Bertz CT molecular complexity index is 668. The maximum absolute atomic E-state index is 11.7. The first-order valence-electron chi connectivity index (χ1n) is 7.10. The molecule has 6 nitrogen and oxygen atoms in total. The first-order valence-corrected chi connectivity index (χ1v) is 7.10. The van der Waals surface area contributed by atoms with Crippen LogP contribution in [0.1, 0.15) is 41.1 Å². The Hall–Kier alpha value is -2.76. The average Bonchev–Trinajstić information content (AvgIpc) is 2.53. The molecule has 6 heteroatoms. The molecule has 0 saturated carbocycles. The molecule has 2 aromatic rings. The molecule has 0 saturated heterocycles. The Balaban J connectivity index is 2.06. The van der Waals surface area contributed by atoms with E-state index in [0.29, 0.717) is 17.9 Å². The summed E-state index contributed by atoms with van der Waals surface area (Å²) in [5.41, 5.74) is 1.63. The lowest BCUT2D eigenvalue weighted by atomic mass is 10.1. The average molecular weight is 298 g/mol. The minimum atomic E-state index is -0.237. The predicted octanol–water partition coefficient (Wildman–Crippen LogP) is 2.56. The van der Waals surface area contributed by atoms with Gasteiger partial charge in [-0.1, -0.05) is 19.1 Å². The van der Waals surface area contributed by atoms with Crippen LogP contribution in [0.3, 0.4) is 0 Å². The summed E-state index contributed by atoms with van der Waals surface area (Å²) in [5, 5.41) is 13.7. The van der Waals surface area contributed by atoms with Crippen molar-refractivity contribution in [3.63, 3.8) is 0 Å². The highest BCUT2D eigenvalue weighted by atomic mass is 16.2. The Morgan fingerprint density at radius 3 is 2.59 bits per heavy atom. The number of amides is 1. The molecule has 0 radical (unpaired) electrons. The lowest BCUT2D eigenvalue weighted by Gasteiger charge is -2.07. The number of ketones is 1. The first-order chi connectivity index (χ1) is 10.6. The van der Waals surface area contributed by atoms with Gasteiger partial charge in [0.15, 0.2) is 17.3 Å². The molecular weight excluding hydrogens is 280 g/mol. The number of rotatable bonds is 6. The predicted molar refractivity (Wildman–Crippen MR) is 84.4 cm³/mol. The van der Waals surface area contributed by atoms with Gasteiger partial charge in [-0.25, -0.2) is 0 Å². The second-order valence-corrected chi connectivity index (χ2v) is 4.82. The standard InChI is InChI=1S/C16H18N4O2/c1-3-9-17-16(22)14-7-8-15(20-19-14)18-13-6-4-5-12(10-13)11(2)21/h4-8,10H,3,9H2,1-2H3,(H,17,22)(H,18,20). The summed E-state index contributed by atoms with van der Waals surface area (Å²) in [6.07, 6.45) is 0.866. The molecule has 0 fully saturated rings. The summed E-state index contributed by atoms with van der Waals surface area (Å²) in [5.74, 6) is 0.268. The van der Waals surface area contributed by atoms with E-state index in [1.54, 1.807) is 30.3 Å². The first kappa shape index (κ1) is 15.6. The van der Waals surface area contributed by atoms with Crippen LogP contribution in [0.5, 0.6) is 0 Å². The van der Waals surface area contributed by atoms with Crippen LogP contribution in [0.4, 0.5) is 11.5 Å². The Morgan fingerprint density at radius 1 is 1.14 bits per heavy atom. The highest BCUT2D eigenvalue weighted by Crippen LogP contribution is 2.16. The normalized spacial score (nSPS) is 10.1. The van der Waals surface area contributed by atoms with Gasteiger partial charge in [0.1, 0.15) is 0 Å². The van der Waals surface area contributed by atoms with Gasteiger partial charge in [0.2, 0.25) is 0 Å². The van der Waals surface area contributed by atoms with Gasteiger partial charge in [-0.3, -0.25) is 9.59 Å². The third-order valence-electron chi connectivity index (χ3n) is 2.97. The van der Waals surface area contributed by atoms with Crippen LogP contribution < -0.4 is 10.6 Å². The van der Waals surface area contributed by atoms with Crippen LogP contribution >= 0.6 is 0 Å². The molecule has 1 aromatic carbocycles. The maximum Gasteiger partial charge on any atom is 0.271 e. The molecule has 2 N–H and O–H groups in total. The number of anilines is 2. The molecule has 0 aliphatic carbocycles. The number of Topliss-reactive ketones (excluding diaryl/α,β-unsaturated/α-hetero) is 1. The van der Waals surface area contributed by atoms with Crippen LogP contribution in [0.25, 0.3) is 0 Å². The third-order valence-corrected chi connectivity index (χ3v) is 2.97. The molecule has 114 valence electrons. The topological polar surface area (TPSA) is 84.0 Å². The van der Waals surface area contributed by atoms with E-state index >= 15 is 0 Å². The molecule has 1 aromatic heterocycles. The highest BCUT2D eigenvalue weighted by Gasteiger charge is 2.07. The van der Waals surface area contributed by atoms with Crippen molar-refractivity contribution in [2.24, 2.45) is 0 Å². The molecule has 22 heavy (non-hydrogen) atoms. The van der Waals surface area contributed by atoms with Crippen molar-refractivity contribution < 1.29 is 9.59 Å². The van der Waals surface area contributed by atoms with Crippen molar-refractivity contribution in [3.05, 3.63) is 47.7 Å². The summed E-state index contributed by atoms with van der Waals surface area (Å²) in [6, 6.07) is 10.4. The van der Waals surface area contributed by atoms with Gasteiger partial charge in [-0.15, -0.1) is 10.2 Å². The second kappa shape index (κ2) is 7.31. The SMILES string of the molecule is CCCNC(=O)c1ccc(Nc2cccc(C(C)=O)c2)nn1. The van der Waals surface area contributed by atoms with E-state index in [4.69, 9.17) is 0 Å². The van der Waals surface area contributed by atoms with E-state index in [9.17, 15) is 9.59 Å². The second-order valence-electron chi connectivity index (χ2n) is 4.82. The van der Waals surface area contributed by atoms with Crippen molar-refractivity contribution in [2.45, 2.75) is 20.3 Å². The van der Waals surface area contributed by atoms with E-state index < -0.39 is 0 Å². The molecule has 1 amide bonds. The molecule has 0 aliphatic rings. The van der Waals surface area contributed by atoms with Gasteiger partial charge < -0.3 is 10.6 Å². The zero-order valence-electron chi connectivity index (χ0n) is 12.6. The molecular formula is C16H18N4O2. The molecule has 0 unspecified atom stereocenters. The molecule has 0 aliphatic heterocycles. The minimum Gasteiger partial charge on any atom is -0.351 e. The van der Waals surface area contributed by atoms with Crippen LogP contribution in [0.15, 0.2) is 36.4 Å². The molecule has 2 rings (SSSR count). The number of nitrogens with zero attached hydrogens (tertiary/aromatic N) is 2. The van der Waals surface area contributed by atoms with Gasteiger partial charge >= 0.3 is 0 Å². The summed E-state index contributed by atoms with van der Waals surface area (Å²) >= 11 is 0. The number of aromatic nitrogens is 2. The summed E-state index contributed by atoms with van der Waals surface area (Å²) in [4.78, 5) is 23.1. The van der Waals surface area contributed by atoms with Crippen molar-refractivity contribution in [3.8, 4) is 0 Å². The van der Waals surface area contributed by atoms with Crippen molar-refractivity contribution in [1.29, 1.82) is 0 Å². The Labute approximate surface area is 129 Å². The lowest BCUT2D eigenvalue weighted by Crippen LogP contribution is -2.25. The fraction of sp³-hybridized carbons (Fsp3) is 0.250. The number of carbonyl (C=O) groups excluding carboxylic acids is 2. The molecule has 0 spiro atoms. The van der Waals surface area contributed by atoms with Crippen molar-refractivity contribution >= 4 is 23.2 Å². The maximum atomic E-state index is 11.7. The van der Waals surface area contributed by atoms with E-state index in [2.05, 4.69) is 20.8 Å². The minimum absolute atomic E-state index is 0.00215. The molecule has 0 bridgehead atoms. The Kier molecular flexibility index (Phi) is 5.19. The molecule has 0 atom stereocenters.